The first-order valence-corrected chi connectivity index (χ1v) is 6.27. The highest BCUT2D eigenvalue weighted by Crippen LogP contribution is 2.09. The summed E-state index contributed by atoms with van der Waals surface area (Å²) < 4.78 is 0. The lowest BCUT2D eigenvalue weighted by molar-refractivity contribution is -0.138. The fourth-order valence-electron chi connectivity index (χ4n) is 2.02. The Balaban J connectivity index is 2.28. The molecule has 1 heterocycles. The van der Waals surface area contributed by atoms with E-state index in [0.717, 1.165) is 25.9 Å². The normalized spacial score (nSPS) is 16.9. The van der Waals surface area contributed by atoms with Crippen LogP contribution in [0.3, 0.4) is 0 Å². The largest absolute Gasteiger partial charge is 0.481 e. The number of carboxylic acid groups (broad SMARTS) is 1. The third-order valence-electron chi connectivity index (χ3n) is 3.07. The predicted molar refractivity (Wildman–Crippen MR) is 64.8 cm³/mol. The van der Waals surface area contributed by atoms with Crippen molar-refractivity contribution < 1.29 is 14.7 Å². The van der Waals surface area contributed by atoms with Crippen LogP contribution in [-0.4, -0.2) is 60.0 Å². The van der Waals surface area contributed by atoms with Crippen molar-refractivity contribution >= 4 is 11.9 Å². The van der Waals surface area contributed by atoms with Crippen molar-refractivity contribution in [2.75, 3.05) is 33.2 Å². The second-order valence-electron chi connectivity index (χ2n) is 4.68. The molecular formula is C12H22N2O3. The van der Waals surface area contributed by atoms with Crippen LogP contribution in [0.5, 0.6) is 0 Å². The fourth-order valence-corrected chi connectivity index (χ4v) is 2.02. The first-order chi connectivity index (χ1) is 8.09. The number of carbonyl (C=O) groups is 2. The standard InChI is InChI=1S/C12H22N2O3/c1-13(9-6-12(16)17)10-11(15)14-7-4-2-3-5-8-14/h2-10H2,1H3,(H,16,17). The van der Waals surface area contributed by atoms with Crippen LogP contribution in [0.2, 0.25) is 0 Å². The summed E-state index contributed by atoms with van der Waals surface area (Å²) in [5.41, 5.74) is 0. The Morgan fingerprint density at radius 1 is 1.18 bits per heavy atom. The van der Waals surface area contributed by atoms with Gasteiger partial charge in [-0.2, -0.15) is 0 Å². The molecule has 1 saturated heterocycles. The third-order valence-corrected chi connectivity index (χ3v) is 3.07. The van der Waals surface area contributed by atoms with Crippen LogP contribution in [0.1, 0.15) is 32.1 Å². The van der Waals surface area contributed by atoms with Gasteiger partial charge in [0, 0.05) is 19.6 Å². The van der Waals surface area contributed by atoms with Gasteiger partial charge in [0.2, 0.25) is 5.91 Å². The zero-order valence-electron chi connectivity index (χ0n) is 10.5. The molecule has 98 valence electrons. The van der Waals surface area contributed by atoms with Crippen molar-refractivity contribution in [3.8, 4) is 0 Å². The van der Waals surface area contributed by atoms with Crippen molar-refractivity contribution in [3.63, 3.8) is 0 Å². The van der Waals surface area contributed by atoms with Gasteiger partial charge in [-0.05, 0) is 19.9 Å². The number of hydrogen-bond donors (Lipinski definition) is 1. The smallest absolute Gasteiger partial charge is 0.304 e. The van der Waals surface area contributed by atoms with Gasteiger partial charge in [-0.25, -0.2) is 0 Å². The molecule has 1 aliphatic rings. The molecule has 0 bridgehead atoms. The van der Waals surface area contributed by atoms with Crippen LogP contribution in [0.25, 0.3) is 0 Å². The third kappa shape index (κ3) is 5.68. The van der Waals surface area contributed by atoms with Crippen molar-refractivity contribution in [3.05, 3.63) is 0 Å². The van der Waals surface area contributed by atoms with E-state index in [2.05, 4.69) is 0 Å². The number of likely N-dealkylation sites (tertiary alicyclic amines) is 1. The number of aliphatic carboxylic acids is 1. The number of amides is 1. The maximum absolute atomic E-state index is 11.9. The van der Waals surface area contributed by atoms with E-state index in [1.165, 1.54) is 12.8 Å². The average molecular weight is 242 g/mol. The van der Waals surface area contributed by atoms with E-state index >= 15 is 0 Å². The molecule has 1 amide bonds. The molecule has 1 fully saturated rings. The Hall–Kier alpha value is -1.10. The highest BCUT2D eigenvalue weighted by Gasteiger charge is 2.17. The van der Waals surface area contributed by atoms with E-state index in [0.29, 0.717) is 13.1 Å². The number of rotatable bonds is 5. The summed E-state index contributed by atoms with van der Waals surface area (Å²) in [6.07, 6.45) is 4.68. The van der Waals surface area contributed by atoms with Crippen LogP contribution in [0.4, 0.5) is 0 Å². The first-order valence-electron chi connectivity index (χ1n) is 6.27. The van der Waals surface area contributed by atoms with E-state index < -0.39 is 5.97 Å². The molecule has 0 aliphatic carbocycles. The van der Waals surface area contributed by atoms with Gasteiger partial charge in [0.15, 0.2) is 0 Å². The lowest BCUT2D eigenvalue weighted by atomic mass is 10.2. The quantitative estimate of drug-likeness (QED) is 0.774. The Bertz CT molecular complexity index is 260. The highest BCUT2D eigenvalue weighted by molar-refractivity contribution is 5.78. The van der Waals surface area contributed by atoms with Crippen LogP contribution in [0, 0.1) is 0 Å². The monoisotopic (exact) mass is 242 g/mol. The van der Waals surface area contributed by atoms with Crippen LogP contribution in [0.15, 0.2) is 0 Å². The molecule has 0 aromatic carbocycles. The van der Waals surface area contributed by atoms with E-state index in [1.807, 2.05) is 4.90 Å². The number of carbonyl (C=O) groups excluding carboxylic acids is 1. The molecule has 1 aliphatic heterocycles. The molecule has 5 nitrogen and oxygen atoms in total. The summed E-state index contributed by atoms with van der Waals surface area (Å²) in [6, 6.07) is 0. The maximum atomic E-state index is 11.9. The van der Waals surface area contributed by atoms with Gasteiger partial charge in [-0.3, -0.25) is 14.5 Å². The molecule has 1 rings (SSSR count). The van der Waals surface area contributed by atoms with Crippen LogP contribution < -0.4 is 0 Å². The SMILES string of the molecule is CN(CCC(=O)O)CC(=O)N1CCCCCC1. The Morgan fingerprint density at radius 3 is 2.29 bits per heavy atom. The molecule has 0 radical (unpaired) electrons. The van der Waals surface area contributed by atoms with Crippen molar-refractivity contribution in [1.29, 1.82) is 0 Å². The Morgan fingerprint density at radius 2 is 1.76 bits per heavy atom. The van der Waals surface area contributed by atoms with Gasteiger partial charge in [-0.15, -0.1) is 0 Å². The Kier molecular flexibility index (Phi) is 5.97. The summed E-state index contributed by atoms with van der Waals surface area (Å²) in [5, 5.41) is 8.56. The molecule has 5 heteroatoms. The number of carboxylic acids is 1. The topological polar surface area (TPSA) is 60.9 Å². The predicted octanol–water partition coefficient (Wildman–Crippen LogP) is 0.795. The first kappa shape index (κ1) is 14.0. The summed E-state index contributed by atoms with van der Waals surface area (Å²) in [4.78, 5) is 26.0. The summed E-state index contributed by atoms with van der Waals surface area (Å²) in [5.74, 6) is -0.695. The zero-order chi connectivity index (χ0) is 12.7. The van der Waals surface area contributed by atoms with E-state index in [-0.39, 0.29) is 12.3 Å². The minimum absolute atomic E-state index is 0.0871. The molecule has 0 spiro atoms. The minimum atomic E-state index is -0.820. The zero-order valence-corrected chi connectivity index (χ0v) is 10.5. The maximum Gasteiger partial charge on any atom is 0.304 e. The molecule has 0 atom stereocenters. The van der Waals surface area contributed by atoms with Crippen molar-refractivity contribution in [1.82, 2.24) is 9.80 Å². The lowest BCUT2D eigenvalue weighted by Gasteiger charge is -2.23. The summed E-state index contributed by atoms with van der Waals surface area (Å²) in [7, 11) is 1.79. The molecule has 17 heavy (non-hydrogen) atoms. The molecule has 0 unspecified atom stereocenters. The highest BCUT2D eigenvalue weighted by atomic mass is 16.4. The van der Waals surface area contributed by atoms with Crippen LogP contribution >= 0.6 is 0 Å². The van der Waals surface area contributed by atoms with Crippen LogP contribution in [-0.2, 0) is 9.59 Å². The molecular weight excluding hydrogens is 220 g/mol. The van der Waals surface area contributed by atoms with Gasteiger partial charge in [0.25, 0.3) is 0 Å². The van der Waals surface area contributed by atoms with Gasteiger partial charge in [0.05, 0.1) is 13.0 Å². The van der Waals surface area contributed by atoms with E-state index in [4.69, 9.17) is 5.11 Å². The number of hydrogen-bond acceptors (Lipinski definition) is 3. The van der Waals surface area contributed by atoms with Gasteiger partial charge < -0.3 is 10.0 Å². The van der Waals surface area contributed by atoms with E-state index in [1.54, 1.807) is 11.9 Å². The summed E-state index contributed by atoms with van der Waals surface area (Å²) >= 11 is 0. The summed E-state index contributed by atoms with van der Waals surface area (Å²) in [6.45, 7) is 2.46. The van der Waals surface area contributed by atoms with E-state index in [9.17, 15) is 9.59 Å². The Labute approximate surface area is 102 Å². The molecule has 1 N–H and O–H groups in total. The molecule has 0 aromatic rings. The average Bonchev–Trinajstić information content (AvgIpc) is 2.54. The molecule has 0 aromatic heterocycles. The van der Waals surface area contributed by atoms with Gasteiger partial charge in [0.1, 0.15) is 0 Å². The second-order valence-corrected chi connectivity index (χ2v) is 4.68. The fraction of sp³-hybridized carbons (Fsp3) is 0.833. The van der Waals surface area contributed by atoms with Gasteiger partial charge >= 0.3 is 5.97 Å². The molecule has 0 saturated carbocycles. The number of nitrogens with zero attached hydrogens (tertiary/aromatic N) is 2. The minimum Gasteiger partial charge on any atom is -0.481 e. The van der Waals surface area contributed by atoms with Gasteiger partial charge in [-0.1, -0.05) is 12.8 Å². The number of likely N-dealkylation sites (N-methyl/N-ethyl adjacent to an activating group) is 1. The second kappa shape index (κ2) is 7.27. The lowest BCUT2D eigenvalue weighted by Crippen LogP contribution is -2.40. The van der Waals surface area contributed by atoms with Crippen molar-refractivity contribution in [2.45, 2.75) is 32.1 Å². The van der Waals surface area contributed by atoms with Crippen molar-refractivity contribution in [2.24, 2.45) is 0 Å².